The third-order valence-corrected chi connectivity index (χ3v) is 6.78. The summed E-state index contributed by atoms with van der Waals surface area (Å²) in [6, 6.07) is 18.7. The number of benzene rings is 2. The molecule has 7 nitrogen and oxygen atoms in total. The molecule has 0 bridgehead atoms. The summed E-state index contributed by atoms with van der Waals surface area (Å²) < 4.78 is 2.07. The number of hydrogen-bond acceptors (Lipinski definition) is 4. The number of hydrogen-bond donors (Lipinski definition) is 1. The SMILES string of the molecule is Cn1ccc2c1CC(C(=O)Nc1ccc(N3CCCCC3=O)cc1)N(c1cccc(C#N)c1)C2. The van der Waals surface area contributed by atoms with E-state index in [0.29, 0.717) is 30.6 Å². The number of anilines is 3. The largest absolute Gasteiger partial charge is 0.355 e. The zero-order valence-electron chi connectivity index (χ0n) is 19.2. The Morgan fingerprint density at radius 2 is 1.91 bits per heavy atom. The van der Waals surface area contributed by atoms with Gasteiger partial charge in [0.25, 0.3) is 0 Å². The van der Waals surface area contributed by atoms with Crippen molar-refractivity contribution in [2.45, 2.75) is 38.3 Å². The second-order valence-electron chi connectivity index (χ2n) is 8.95. The monoisotopic (exact) mass is 453 g/mol. The van der Waals surface area contributed by atoms with Crippen LogP contribution in [-0.2, 0) is 29.6 Å². The van der Waals surface area contributed by atoms with Gasteiger partial charge in [-0.3, -0.25) is 9.59 Å². The van der Waals surface area contributed by atoms with Crippen LogP contribution in [0.4, 0.5) is 17.1 Å². The van der Waals surface area contributed by atoms with Gasteiger partial charge in [-0.25, -0.2) is 0 Å². The van der Waals surface area contributed by atoms with Crippen LogP contribution in [0.5, 0.6) is 0 Å². The fourth-order valence-electron chi connectivity index (χ4n) is 4.91. The molecule has 2 aliphatic heterocycles. The van der Waals surface area contributed by atoms with E-state index in [1.807, 2.05) is 60.6 Å². The minimum Gasteiger partial charge on any atom is -0.355 e. The standard InChI is InChI=1S/C27H27N5O2/c1-30-14-12-20-18-32(23-6-4-5-19(15-23)17-28)25(16-24(20)30)27(34)29-21-8-10-22(11-9-21)31-13-3-2-7-26(31)33/h4-6,8-12,14-15,25H,2-3,7,13,16,18H2,1H3,(H,29,34). The predicted molar refractivity (Wildman–Crippen MR) is 132 cm³/mol. The number of carbonyl (C=O) groups excluding carboxylic acids is 2. The molecule has 34 heavy (non-hydrogen) atoms. The van der Waals surface area contributed by atoms with Crippen LogP contribution in [0.1, 0.15) is 36.1 Å². The van der Waals surface area contributed by atoms with E-state index in [2.05, 4.69) is 26.9 Å². The highest BCUT2D eigenvalue weighted by molar-refractivity contribution is 5.98. The highest BCUT2D eigenvalue weighted by Crippen LogP contribution is 2.30. The molecule has 172 valence electrons. The molecule has 0 spiro atoms. The lowest BCUT2D eigenvalue weighted by atomic mass is 9.98. The number of fused-ring (bicyclic) bond motifs is 1. The Bertz CT molecular complexity index is 1270. The molecule has 0 aliphatic carbocycles. The maximum absolute atomic E-state index is 13.5. The first-order valence-corrected chi connectivity index (χ1v) is 11.6. The Balaban J connectivity index is 1.38. The van der Waals surface area contributed by atoms with Gasteiger partial charge in [-0.15, -0.1) is 0 Å². The molecule has 1 saturated heterocycles. The van der Waals surface area contributed by atoms with Crippen molar-refractivity contribution in [2.24, 2.45) is 7.05 Å². The number of amides is 2. The van der Waals surface area contributed by atoms with E-state index in [0.717, 1.165) is 36.5 Å². The van der Waals surface area contributed by atoms with Crippen molar-refractivity contribution in [1.82, 2.24) is 4.57 Å². The number of rotatable bonds is 4. The summed E-state index contributed by atoms with van der Waals surface area (Å²) in [6.07, 6.45) is 5.14. The van der Waals surface area contributed by atoms with Gasteiger partial charge >= 0.3 is 0 Å². The summed E-state index contributed by atoms with van der Waals surface area (Å²) in [5, 5.41) is 12.4. The predicted octanol–water partition coefficient (Wildman–Crippen LogP) is 3.98. The molecule has 0 saturated carbocycles. The zero-order chi connectivity index (χ0) is 23.7. The van der Waals surface area contributed by atoms with Gasteiger partial charge in [0.1, 0.15) is 6.04 Å². The molecule has 2 amide bonds. The molecule has 2 aromatic carbocycles. The van der Waals surface area contributed by atoms with Crippen LogP contribution in [-0.4, -0.2) is 29.0 Å². The van der Waals surface area contributed by atoms with Gasteiger partial charge in [-0.1, -0.05) is 6.07 Å². The van der Waals surface area contributed by atoms with E-state index in [4.69, 9.17) is 0 Å². The minimum atomic E-state index is -0.418. The van der Waals surface area contributed by atoms with E-state index >= 15 is 0 Å². The molecule has 1 N–H and O–H groups in total. The highest BCUT2D eigenvalue weighted by atomic mass is 16.2. The summed E-state index contributed by atoms with van der Waals surface area (Å²) in [4.78, 5) is 29.6. The van der Waals surface area contributed by atoms with Crippen LogP contribution in [0.15, 0.2) is 60.8 Å². The smallest absolute Gasteiger partial charge is 0.247 e. The number of nitriles is 1. The summed E-state index contributed by atoms with van der Waals surface area (Å²) in [5.74, 6) is 0.0508. The molecular weight excluding hydrogens is 426 g/mol. The Hall–Kier alpha value is -4.05. The lowest BCUT2D eigenvalue weighted by Crippen LogP contribution is -2.48. The van der Waals surface area contributed by atoms with Gasteiger partial charge in [0.15, 0.2) is 0 Å². The molecule has 2 aliphatic rings. The molecule has 1 fully saturated rings. The molecule has 7 heteroatoms. The minimum absolute atomic E-state index is 0.101. The molecule has 0 radical (unpaired) electrons. The van der Waals surface area contributed by atoms with Crippen LogP contribution >= 0.6 is 0 Å². The molecule has 5 rings (SSSR count). The first-order chi connectivity index (χ1) is 16.5. The highest BCUT2D eigenvalue weighted by Gasteiger charge is 2.33. The van der Waals surface area contributed by atoms with E-state index in [9.17, 15) is 14.9 Å². The number of nitrogens with zero attached hydrogens (tertiary/aromatic N) is 4. The Morgan fingerprint density at radius 1 is 1.09 bits per heavy atom. The van der Waals surface area contributed by atoms with Crippen LogP contribution in [0.3, 0.4) is 0 Å². The molecule has 3 aromatic rings. The first-order valence-electron chi connectivity index (χ1n) is 11.6. The first kappa shape index (κ1) is 21.8. The lowest BCUT2D eigenvalue weighted by Gasteiger charge is -2.37. The van der Waals surface area contributed by atoms with Gasteiger partial charge < -0.3 is 19.7 Å². The number of nitrogens with one attached hydrogen (secondary N) is 1. The second kappa shape index (κ2) is 9.06. The zero-order valence-corrected chi connectivity index (χ0v) is 19.2. The summed E-state index contributed by atoms with van der Waals surface area (Å²) in [5.41, 5.74) is 5.31. The van der Waals surface area contributed by atoms with Crippen LogP contribution in [0.25, 0.3) is 0 Å². The van der Waals surface area contributed by atoms with E-state index < -0.39 is 6.04 Å². The fraction of sp³-hybridized carbons (Fsp3) is 0.296. The lowest BCUT2D eigenvalue weighted by molar-refractivity contribution is -0.119. The average molecular weight is 454 g/mol. The van der Waals surface area contributed by atoms with Gasteiger partial charge in [-0.2, -0.15) is 5.26 Å². The summed E-state index contributed by atoms with van der Waals surface area (Å²) in [7, 11) is 2.00. The van der Waals surface area contributed by atoms with Crippen molar-refractivity contribution in [2.75, 3.05) is 21.7 Å². The van der Waals surface area contributed by atoms with Crippen LogP contribution in [0.2, 0.25) is 0 Å². The number of aryl methyl sites for hydroxylation is 1. The third kappa shape index (κ3) is 4.15. The number of piperidine rings is 1. The number of aromatic nitrogens is 1. The average Bonchev–Trinajstić information content (AvgIpc) is 3.24. The van der Waals surface area contributed by atoms with Crippen molar-refractivity contribution in [1.29, 1.82) is 5.26 Å². The van der Waals surface area contributed by atoms with Crippen molar-refractivity contribution in [3.63, 3.8) is 0 Å². The number of carbonyl (C=O) groups is 2. The van der Waals surface area contributed by atoms with Crippen LogP contribution in [0, 0.1) is 11.3 Å². The van der Waals surface area contributed by atoms with E-state index in [1.165, 1.54) is 5.56 Å². The van der Waals surface area contributed by atoms with Gasteiger partial charge in [0, 0.05) is 61.9 Å². The van der Waals surface area contributed by atoms with Gasteiger partial charge in [-0.05, 0) is 66.9 Å². The Labute approximate surface area is 199 Å². The Kier molecular flexibility index (Phi) is 5.81. The third-order valence-electron chi connectivity index (χ3n) is 6.78. The normalized spacial score (nSPS) is 17.8. The topological polar surface area (TPSA) is 81.4 Å². The van der Waals surface area contributed by atoms with Crippen molar-refractivity contribution in [3.05, 3.63) is 77.6 Å². The maximum Gasteiger partial charge on any atom is 0.247 e. The van der Waals surface area contributed by atoms with Crippen molar-refractivity contribution in [3.8, 4) is 6.07 Å². The van der Waals surface area contributed by atoms with E-state index in [-0.39, 0.29) is 11.8 Å². The van der Waals surface area contributed by atoms with Gasteiger partial charge in [0.05, 0.1) is 11.6 Å². The second-order valence-corrected chi connectivity index (χ2v) is 8.95. The fourth-order valence-corrected chi connectivity index (χ4v) is 4.91. The van der Waals surface area contributed by atoms with Crippen LogP contribution < -0.4 is 15.1 Å². The summed E-state index contributed by atoms with van der Waals surface area (Å²) in [6.45, 7) is 1.33. The van der Waals surface area contributed by atoms with Gasteiger partial charge in [0.2, 0.25) is 11.8 Å². The van der Waals surface area contributed by atoms with E-state index in [1.54, 1.807) is 6.07 Å². The van der Waals surface area contributed by atoms with Crippen molar-refractivity contribution >= 4 is 28.9 Å². The quantitative estimate of drug-likeness (QED) is 0.648. The Morgan fingerprint density at radius 3 is 2.68 bits per heavy atom. The molecule has 1 unspecified atom stereocenters. The summed E-state index contributed by atoms with van der Waals surface area (Å²) >= 11 is 0. The molecule has 1 atom stereocenters. The molecular formula is C27H27N5O2. The maximum atomic E-state index is 13.5. The molecule has 3 heterocycles. The van der Waals surface area contributed by atoms with Crippen molar-refractivity contribution < 1.29 is 9.59 Å². The molecule has 1 aromatic heterocycles.